The van der Waals surface area contributed by atoms with Crippen molar-refractivity contribution in [3.8, 4) is 0 Å². The maximum Gasteiger partial charge on any atom is 0.123 e. The molecule has 1 aromatic heterocycles. The lowest BCUT2D eigenvalue weighted by Gasteiger charge is -1.94. The Bertz CT molecular complexity index is 468. The highest BCUT2D eigenvalue weighted by Gasteiger charge is 2.03. The van der Waals surface area contributed by atoms with Gasteiger partial charge in [-0.25, -0.2) is 4.39 Å². The van der Waals surface area contributed by atoms with Crippen LogP contribution in [-0.2, 0) is 7.05 Å². The SMILES string of the molecule is C=Cc1cn(C)c2ccc(F)cc12. The van der Waals surface area contributed by atoms with Crippen molar-refractivity contribution in [1.29, 1.82) is 0 Å². The Labute approximate surface area is 76.1 Å². The Hall–Kier alpha value is -1.57. The molecule has 2 heteroatoms. The van der Waals surface area contributed by atoms with E-state index in [1.165, 1.54) is 12.1 Å². The second kappa shape index (κ2) is 2.73. The van der Waals surface area contributed by atoms with Crippen molar-refractivity contribution in [3.05, 3.63) is 42.4 Å². The van der Waals surface area contributed by atoms with Gasteiger partial charge in [-0.05, 0) is 23.8 Å². The summed E-state index contributed by atoms with van der Waals surface area (Å²) in [4.78, 5) is 0. The number of nitrogens with zero attached hydrogens (tertiary/aromatic N) is 1. The molecule has 0 bridgehead atoms. The molecule has 0 saturated carbocycles. The minimum atomic E-state index is -0.207. The van der Waals surface area contributed by atoms with Crippen LogP contribution in [0.2, 0.25) is 0 Å². The molecule has 1 aromatic carbocycles. The van der Waals surface area contributed by atoms with E-state index in [0.29, 0.717) is 0 Å². The third kappa shape index (κ3) is 1.15. The Morgan fingerprint density at radius 3 is 2.92 bits per heavy atom. The zero-order valence-corrected chi connectivity index (χ0v) is 7.42. The van der Waals surface area contributed by atoms with E-state index in [9.17, 15) is 4.39 Å². The first-order chi connectivity index (χ1) is 6.22. The van der Waals surface area contributed by atoms with Crippen molar-refractivity contribution in [2.45, 2.75) is 0 Å². The van der Waals surface area contributed by atoms with Crippen molar-refractivity contribution in [3.63, 3.8) is 0 Å². The van der Waals surface area contributed by atoms with Crippen molar-refractivity contribution in [2.75, 3.05) is 0 Å². The Morgan fingerprint density at radius 2 is 2.23 bits per heavy atom. The standard InChI is InChI=1S/C11H10FN/c1-3-8-7-13(2)11-5-4-9(12)6-10(8)11/h3-7H,1H2,2H3. The summed E-state index contributed by atoms with van der Waals surface area (Å²) in [6.07, 6.45) is 3.68. The first-order valence-electron chi connectivity index (χ1n) is 4.09. The van der Waals surface area contributed by atoms with Gasteiger partial charge in [0, 0.05) is 24.1 Å². The summed E-state index contributed by atoms with van der Waals surface area (Å²) in [5.74, 6) is -0.207. The minimum absolute atomic E-state index is 0.207. The first kappa shape index (κ1) is 8.05. The number of rotatable bonds is 1. The largest absolute Gasteiger partial charge is 0.350 e. The molecule has 0 fully saturated rings. The summed E-state index contributed by atoms with van der Waals surface area (Å²) in [6, 6.07) is 4.78. The quantitative estimate of drug-likeness (QED) is 0.628. The molecule has 2 rings (SSSR count). The molecule has 0 aliphatic carbocycles. The maximum atomic E-state index is 12.9. The lowest BCUT2D eigenvalue weighted by atomic mass is 10.2. The van der Waals surface area contributed by atoms with Gasteiger partial charge in [0.25, 0.3) is 0 Å². The average molecular weight is 175 g/mol. The van der Waals surface area contributed by atoms with Crippen molar-refractivity contribution < 1.29 is 4.39 Å². The topological polar surface area (TPSA) is 4.93 Å². The molecule has 0 saturated heterocycles. The summed E-state index contributed by atoms with van der Waals surface area (Å²) in [5, 5.41) is 0.914. The van der Waals surface area contributed by atoms with Gasteiger partial charge in [0.15, 0.2) is 0 Å². The molecule has 1 heterocycles. The number of hydrogen-bond acceptors (Lipinski definition) is 0. The lowest BCUT2D eigenvalue weighted by Crippen LogP contribution is -1.83. The number of benzene rings is 1. The lowest BCUT2D eigenvalue weighted by molar-refractivity contribution is 0.629. The molecular weight excluding hydrogens is 165 g/mol. The normalized spacial score (nSPS) is 10.6. The van der Waals surface area contributed by atoms with E-state index >= 15 is 0 Å². The number of aryl methyl sites for hydroxylation is 1. The molecule has 13 heavy (non-hydrogen) atoms. The summed E-state index contributed by atoms with van der Waals surface area (Å²) < 4.78 is 14.9. The van der Waals surface area contributed by atoms with Crippen molar-refractivity contribution >= 4 is 17.0 Å². The Morgan fingerprint density at radius 1 is 1.46 bits per heavy atom. The second-order valence-electron chi connectivity index (χ2n) is 3.06. The molecule has 0 radical (unpaired) electrons. The van der Waals surface area contributed by atoms with Crippen LogP contribution in [0, 0.1) is 5.82 Å². The van der Waals surface area contributed by atoms with Crippen LogP contribution in [0.5, 0.6) is 0 Å². The van der Waals surface area contributed by atoms with Crippen LogP contribution in [0.15, 0.2) is 31.0 Å². The zero-order chi connectivity index (χ0) is 9.42. The molecule has 0 atom stereocenters. The third-order valence-corrected chi connectivity index (χ3v) is 2.20. The minimum Gasteiger partial charge on any atom is -0.350 e. The van der Waals surface area contributed by atoms with Gasteiger partial charge in [-0.1, -0.05) is 12.7 Å². The molecule has 0 amide bonds. The van der Waals surface area contributed by atoms with Gasteiger partial charge >= 0.3 is 0 Å². The predicted molar refractivity (Wildman–Crippen MR) is 53.0 cm³/mol. The van der Waals surface area contributed by atoms with Gasteiger partial charge in [0.05, 0.1) is 0 Å². The highest BCUT2D eigenvalue weighted by atomic mass is 19.1. The third-order valence-electron chi connectivity index (χ3n) is 2.20. The van der Waals surface area contributed by atoms with Crippen LogP contribution >= 0.6 is 0 Å². The molecule has 0 spiro atoms. The monoisotopic (exact) mass is 175 g/mol. The van der Waals surface area contributed by atoms with E-state index in [1.54, 1.807) is 12.1 Å². The molecule has 0 aliphatic rings. The Kier molecular flexibility index (Phi) is 1.69. The van der Waals surface area contributed by atoms with Crippen LogP contribution < -0.4 is 0 Å². The number of hydrogen-bond donors (Lipinski definition) is 0. The van der Waals surface area contributed by atoms with E-state index in [0.717, 1.165) is 16.5 Å². The molecule has 0 aliphatic heterocycles. The van der Waals surface area contributed by atoms with E-state index < -0.39 is 0 Å². The summed E-state index contributed by atoms with van der Waals surface area (Å²) in [5.41, 5.74) is 1.99. The van der Waals surface area contributed by atoms with Gasteiger partial charge in [-0.2, -0.15) is 0 Å². The highest BCUT2D eigenvalue weighted by molar-refractivity contribution is 5.89. The fourth-order valence-electron chi connectivity index (χ4n) is 1.56. The van der Waals surface area contributed by atoms with Crippen LogP contribution in [0.4, 0.5) is 4.39 Å². The maximum absolute atomic E-state index is 12.9. The second-order valence-corrected chi connectivity index (χ2v) is 3.06. The van der Waals surface area contributed by atoms with E-state index in [2.05, 4.69) is 6.58 Å². The van der Waals surface area contributed by atoms with Crippen LogP contribution in [0.25, 0.3) is 17.0 Å². The molecular formula is C11H10FN. The highest BCUT2D eigenvalue weighted by Crippen LogP contribution is 2.22. The van der Waals surface area contributed by atoms with Gasteiger partial charge in [0.2, 0.25) is 0 Å². The van der Waals surface area contributed by atoms with Gasteiger partial charge < -0.3 is 4.57 Å². The molecule has 0 N–H and O–H groups in total. The van der Waals surface area contributed by atoms with Gasteiger partial charge in [-0.3, -0.25) is 0 Å². The van der Waals surface area contributed by atoms with Crippen LogP contribution in [0.1, 0.15) is 5.56 Å². The fourth-order valence-corrected chi connectivity index (χ4v) is 1.56. The van der Waals surface area contributed by atoms with E-state index in [4.69, 9.17) is 0 Å². The van der Waals surface area contributed by atoms with Crippen LogP contribution in [0.3, 0.4) is 0 Å². The molecule has 0 unspecified atom stereocenters. The number of halogens is 1. The van der Waals surface area contributed by atoms with Gasteiger partial charge in [-0.15, -0.1) is 0 Å². The van der Waals surface area contributed by atoms with E-state index in [-0.39, 0.29) is 5.82 Å². The van der Waals surface area contributed by atoms with Crippen LogP contribution in [-0.4, -0.2) is 4.57 Å². The molecule has 2 aromatic rings. The summed E-state index contributed by atoms with van der Waals surface area (Å²) >= 11 is 0. The summed E-state index contributed by atoms with van der Waals surface area (Å²) in [7, 11) is 1.94. The van der Waals surface area contributed by atoms with Crippen molar-refractivity contribution in [1.82, 2.24) is 4.57 Å². The molecule has 1 nitrogen and oxygen atoms in total. The van der Waals surface area contributed by atoms with Gasteiger partial charge in [0.1, 0.15) is 5.82 Å². The van der Waals surface area contributed by atoms with Crippen molar-refractivity contribution in [2.24, 2.45) is 7.05 Å². The predicted octanol–water partition coefficient (Wildman–Crippen LogP) is 2.96. The number of fused-ring (bicyclic) bond motifs is 1. The first-order valence-corrected chi connectivity index (χ1v) is 4.09. The number of aromatic nitrogens is 1. The fraction of sp³-hybridized carbons (Fsp3) is 0.0909. The summed E-state index contributed by atoms with van der Waals surface area (Å²) in [6.45, 7) is 3.69. The Balaban J connectivity index is 2.89. The van der Waals surface area contributed by atoms with E-state index in [1.807, 2.05) is 17.8 Å². The molecule has 66 valence electrons. The average Bonchev–Trinajstić information content (AvgIpc) is 2.42. The zero-order valence-electron chi connectivity index (χ0n) is 7.42. The smallest absolute Gasteiger partial charge is 0.123 e.